The number of benzene rings is 4. The molecule has 0 unspecified atom stereocenters. The second-order valence-electron chi connectivity index (χ2n) is 9.21. The average Bonchev–Trinajstić information content (AvgIpc) is 2.93. The van der Waals surface area contributed by atoms with Crippen molar-refractivity contribution in [3.05, 3.63) is 107 Å². The first-order valence-corrected chi connectivity index (χ1v) is 13.4. The second-order valence-corrected chi connectivity index (χ2v) is 10.1. The number of allylic oxidation sites excluding steroid dienone is 1. The zero-order valence-corrected chi connectivity index (χ0v) is 23.0. The molecule has 4 aromatic rings. The Morgan fingerprint density at radius 3 is 2.38 bits per heavy atom. The summed E-state index contributed by atoms with van der Waals surface area (Å²) in [5.41, 5.74) is 8.35. The molecule has 0 saturated heterocycles. The van der Waals surface area contributed by atoms with Crippen molar-refractivity contribution in [3.8, 4) is 5.75 Å². The number of carbonyl (C=O) groups excluding carboxylic acids is 2. The number of phenols is 1. The molecular weight excluding hydrogens is 558 g/mol. The number of hydrogen-bond acceptors (Lipinski definition) is 5. The Balaban J connectivity index is 1.48. The predicted molar refractivity (Wildman–Crippen MR) is 160 cm³/mol. The van der Waals surface area contributed by atoms with Crippen LogP contribution in [0.25, 0.3) is 10.8 Å². The van der Waals surface area contributed by atoms with Crippen LogP contribution >= 0.6 is 15.9 Å². The molecule has 7 nitrogen and oxygen atoms in total. The quantitative estimate of drug-likeness (QED) is 0.118. The lowest BCUT2D eigenvalue weighted by Crippen LogP contribution is -2.22. The van der Waals surface area contributed by atoms with Crippen LogP contribution in [0.5, 0.6) is 5.75 Å². The topological polar surface area (TPSA) is 114 Å². The number of carbonyl (C=O) groups is 2. The average molecular weight is 589 g/mol. The summed E-state index contributed by atoms with van der Waals surface area (Å²) in [5.74, 6) is -0.217. The number of hydrogen-bond donors (Lipinski definition) is 4. The van der Waals surface area contributed by atoms with Gasteiger partial charge in [0, 0.05) is 21.1 Å². The molecule has 4 rings (SSSR count). The van der Waals surface area contributed by atoms with Gasteiger partial charge >= 0.3 is 6.09 Å². The van der Waals surface area contributed by atoms with E-state index in [4.69, 9.17) is 10.5 Å². The SMILES string of the molecule is C[C@@H](CC/C=C/C(=O)Nc1ccccc1N)[C@@H](OC(=O)Nc1ccc(Br)cc1)c1ccc(O)c2ccccc12. The number of nitrogens with one attached hydrogen (secondary N) is 2. The maximum absolute atomic E-state index is 12.9. The Labute approximate surface area is 235 Å². The van der Waals surface area contributed by atoms with Crippen molar-refractivity contribution in [2.75, 3.05) is 16.4 Å². The highest BCUT2D eigenvalue weighted by Gasteiger charge is 2.26. The van der Waals surface area contributed by atoms with Crippen LogP contribution in [0.1, 0.15) is 31.4 Å². The summed E-state index contributed by atoms with van der Waals surface area (Å²) in [5, 5.41) is 17.4. The standard InChI is InChI=1S/C31H30BrN3O4/c1-20(8-2-7-13-29(37)35-27-12-6-5-11-26(27)33)30(39-31(38)34-22-16-14-21(32)15-17-22)25-18-19-28(36)24-10-4-3-9-23(24)25/h3-7,9-20,30,36H,2,8,33H2,1H3,(H,34,38)(H,35,37)/b13-7+/t20-,30+/m0/s1. The zero-order chi connectivity index (χ0) is 27.8. The van der Waals surface area contributed by atoms with Gasteiger partial charge in [-0.05, 0) is 72.7 Å². The minimum atomic E-state index is -0.600. The molecule has 0 fully saturated rings. The number of aromatic hydroxyl groups is 1. The summed E-state index contributed by atoms with van der Waals surface area (Å²) in [7, 11) is 0. The molecular formula is C31H30BrN3O4. The van der Waals surface area contributed by atoms with E-state index in [1.165, 1.54) is 6.08 Å². The van der Waals surface area contributed by atoms with Gasteiger partial charge in [-0.2, -0.15) is 0 Å². The number of rotatable bonds is 9. The van der Waals surface area contributed by atoms with Gasteiger partial charge in [-0.25, -0.2) is 4.79 Å². The van der Waals surface area contributed by atoms with E-state index in [0.29, 0.717) is 35.3 Å². The maximum Gasteiger partial charge on any atom is 0.412 e. The fourth-order valence-corrected chi connectivity index (χ4v) is 4.59. The number of phenolic OH excluding ortho intramolecular Hbond substituents is 1. The molecule has 0 bridgehead atoms. The van der Waals surface area contributed by atoms with Gasteiger partial charge in [-0.3, -0.25) is 10.1 Å². The van der Waals surface area contributed by atoms with Crippen LogP contribution in [0.3, 0.4) is 0 Å². The highest BCUT2D eigenvalue weighted by atomic mass is 79.9. The van der Waals surface area contributed by atoms with Gasteiger partial charge in [0.2, 0.25) is 5.91 Å². The minimum absolute atomic E-state index is 0.105. The van der Waals surface area contributed by atoms with Gasteiger partial charge in [0.1, 0.15) is 11.9 Å². The van der Waals surface area contributed by atoms with E-state index in [9.17, 15) is 14.7 Å². The van der Waals surface area contributed by atoms with Gasteiger partial charge in [0.25, 0.3) is 0 Å². The molecule has 0 aromatic heterocycles. The molecule has 0 radical (unpaired) electrons. The first kappa shape index (κ1) is 27.7. The van der Waals surface area contributed by atoms with E-state index in [1.54, 1.807) is 54.6 Å². The molecule has 0 aliphatic carbocycles. The summed E-state index contributed by atoms with van der Waals surface area (Å²) in [6.07, 6.45) is 3.31. The van der Waals surface area contributed by atoms with E-state index < -0.39 is 12.2 Å². The summed E-state index contributed by atoms with van der Waals surface area (Å²) >= 11 is 3.39. The van der Waals surface area contributed by atoms with Gasteiger partial charge in [0.15, 0.2) is 0 Å². The third kappa shape index (κ3) is 7.39. The van der Waals surface area contributed by atoms with Crippen LogP contribution < -0.4 is 16.4 Å². The van der Waals surface area contributed by atoms with E-state index in [2.05, 4.69) is 26.6 Å². The van der Waals surface area contributed by atoms with Crippen molar-refractivity contribution in [2.45, 2.75) is 25.9 Å². The van der Waals surface area contributed by atoms with E-state index in [0.717, 1.165) is 15.4 Å². The van der Waals surface area contributed by atoms with Crippen molar-refractivity contribution < 1.29 is 19.4 Å². The lowest BCUT2D eigenvalue weighted by molar-refractivity contribution is -0.111. The van der Waals surface area contributed by atoms with Crippen molar-refractivity contribution in [2.24, 2.45) is 5.92 Å². The van der Waals surface area contributed by atoms with Gasteiger partial charge in [-0.15, -0.1) is 0 Å². The minimum Gasteiger partial charge on any atom is -0.507 e. The Morgan fingerprint density at radius 1 is 0.949 bits per heavy atom. The summed E-state index contributed by atoms with van der Waals surface area (Å²) in [4.78, 5) is 25.3. The summed E-state index contributed by atoms with van der Waals surface area (Å²) in [6, 6.07) is 25.2. The normalized spacial score (nSPS) is 12.7. The molecule has 200 valence electrons. The van der Waals surface area contributed by atoms with Gasteiger partial charge < -0.3 is 20.9 Å². The largest absolute Gasteiger partial charge is 0.507 e. The van der Waals surface area contributed by atoms with Crippen LogP contribution in [0.2, 0.25) is 0 Å². The second kappa shape index (κ2) is 13.0. The van der Waals surface area contributed by atoms with Crippen LogP contribution in [-0.4, -0.2) is 17.1 Å². The van der Waals surface area contributed by atoms with E-state index in [1.807, 2.05) is 43.3 Å². The van der Waals surface area contributed by atoms with Crippen LogP contribution in [0.15, 0.2) is 102 Å². The molecule has 0 heterocycles. The Kier molecular flexibility index (Phi) is 9.22. The van der Waals surface area contributed by atoms with Crippen LogP contribution in [0, 0.1) is 5.92 Å². The fraction of sp³-hybridized carbons (Fsp3) is 0.161. The number of nitrogen functional groups attached to an aromatic ring is 1. The third-order valence-corrected chi connectivity index (χ3v) is 6.89. The monoisotopic (exact) mass is 587 g/mol. The van der Waals surface area contributed by atoms with Crippen LogP contribution in [-0.2, 0) is 9.53 Å². The number of anilines is 3. The number of amides is 2. The summed E-state index contributed by atoms with van der Waals surface area (Å²) in [6.45, 7) is 2.00. The smallest absolute Gasteiger partial charge is 0.412 e. The van der Waals surface area contributed by atoms with E-state index in [-0.39, 0.29) is 17.6 Å². The molecule has 5 N–H and O–H groups in total. The summed E-state index contributed by atoms with van der Waals surface area (Å²) < 4.78 is 6.89. The Morgan fingerprint density at radius 2 is 1.64 bits per heavy atom. The highest BCUT2D eigenvalue weighted by Crippen LogP contribution is 2.37. The molecule has 0 aliphatic heterocycles. The molecule has 8 heteroatoms. The first-order chi connectivity index (χ1) is 18.8. The van der Waals surface area contributed by atoms with Crippen LogP contribution in [0.4, 0.5) is 21.9 Å². The van der Waals surface area contributed by atoms with Crippen molar-refractivity contribution >= 4 is 55.8 Å². The lowest BCUT2D eigenvalue weighted by Gasteiger charge is -2.26. The molecule has 0 aliphatic rings. The third-order valence-electron chi connectivity index (χ3n) is 6.36. The number of nitrogens with two attached hydrogens (primary N) is 1. The van der Waals surface area contributed by atoms with Gasteiger partial charge in [-0.1, -0.05) is 71.4 Å². The zero-order valence-electron chi connectivity index (χ0n) is 21.4. The molecule has 0 spiro atoms. The highest BCUT2D eigenvalue weighted by molar-refractivity contribution is 9.10. The fourth-order valence-electron chi connectivity index (χ4n) is 4.32. The Bertz CT molecular complexity index is 1490. The number of ether oxygens (including phenoxy) is 1. The molecule has 0 saturated carbocycles. The first-order valence-electron chi connectivity index (χ1n) is 12.6. The lowest BCUT2D eigenvalue weighted by atomic mass is 9.89. The molecule has 2 amide bonds. The number of fused-ring (bicyclic) bond motifs is 1. The number of halogens is 1. The van der Waals surface area contributed by atoms with Crippen molar-refractivity contribution in [1.82, 2.24) is 0 Å². The van der Waals surface area contributed by atoms with Gasteiger partial charge in [0.05, 0.1) is 11.4 Å². The number of para-hydroxylation sites is 2. The molecule has 39 heavy (non-hydrogen) atoms. The molecule has 4 aromatic carbocycles. The predicted octanol–water partition coefficient (Wildman–Crippen LogP) is 7.79. The molecule has 2 atom stereocenters. The van der Waals surface area contributed by atoms with E-state index >= 15 is 0 Å². The van der Waals surface area contributed by atoms with Crippen molar-refractivity contribution in [1.29, 1.82) is 0 Å². The Hall–Kier alpha value is -4.30. The van der Waals surface area contributed by atoms with Crippen molar-refractivity contribution in [3.63, 3.8) is 0 Å². The maximum atomic E-state index is 12.9.